The van der Waals surface area contributed by atoms with E-state index < -0.39 is 0 Å². The number of ether oxygens (including phenoxy) is 1. The lowest BCUT2D eigenvalue weighted by Gasteiger charge is -2.12. The summed E-state index contributed by atoms with van der Waals surface area (Å²) in [6.45, 7) is 2.41. The number of hydrogen-bond donors (Lipinski definition) is 1. The van der Waals surface area contributed by atoms with E-state index in [-0.39, 0.29) is 0 Å². The average molecular weight is 310 g/mol. The molecule has 0 amide bonds. The SMILES string of the molecule is Cc1ccccc1COc1c(Cl)cc(/C=N/O)cc1Cl. The van der Waals surface area contributed by atoms with E-state index in [9.17, 15) is 0 Å². The molecule has 0 spiro atoms. The Labute approximate surface area is 127 Å². The first-order chi connectivity index (χ1) is 9.61. The molecule has 2 aromatic carbocycles. The predicted molar refractivity (Wildman–Crippen MR) is 81.4 cm³/mol. The van der Waals surface area contributed by atoms with E-state index in [0.717, 1.165) is 11.1 Å². The zero-order valence-electron chi connectivity index (χ0n) is 10.8. The lowest BCUT2D eigenvalue weighted by atomic mass is 10.1. The van der Waals surface area contributed by atoms with Crippen molar-refractivity contribution in [3.05, 3.63) is 63.1 Å². The van der Waals surface area contributed by atoms with Gasteiger partial charge in [0, 0.05) is 0 Å². The zero-order chi connectivity index (χ0) is 14.5. The first-order valence-electron chi connectivity index (χ1n) is 5.95. The van der Waals surface area contributed by atoms with Crippen LogP contribution in [0.15, 0.2) is 41.6 Å². The normalized spacial score (nSPS) is 10.9. The molecule has 2 aromatic rings. The van der Waals surface area contributed by atoms with Crippen LogP contribution in [0.2, 0.25) is 10.0 Å². The van der Waals surface area contributed by atoms with Crippen molar-refractivity contribution in [2.45, 2.75) is 13.5 Å². The topological polar surface area (TPSA) is 41.8 Å². The number of oxime groups is 1. The fraction of sp³-hybridized carbons (Fsp3) is 0.133. The highest BCUT2D eigenvalue weighted by atomic mass is 35.5. The van der Waals surface area contributed by atoms with Crippen molar-refractivity contribution in [1.82, 2.24) is 0 Å². The van der Waals surface area contributed by atoms with Gasteiger partial charge in [0.1, 0.15) is 6.61 Å². The molecule has 0 atom stereocenters. The van der Waals surface area contributed by atoms with Crippen LogP contribution in [-0.4, -0.2) is 11.4 Å². The molecule has 0 aromatic heterocycles. The van der Waals surface area contributed by atoms with Crippen molar-refractivity contribution in [3.8, 4) is 5.75 Å². The largest absolute Gasteiger partial charge is 0.486 e. The van der Waals surface area contributed by atoms with Gasteiger partial charge in [0.2, 0.25) is 0 Å². The molecule has 0 bridgehead atoms. The molecule has 0 radical (unpaired) electrons. The van der Waals surface area contributed by atoms with Crippen LogP contribution >= 0.6 is 23.2 Å². The van der Waals surface area contributed by atoms with Gasteiger partial charge in [-0.3, -0.25) is 0 Å². The summed E-state index contributed by atoms with van der Waals surface area (Å²) in [6, 6.07) is 11.2. The van der Waals surface area contributed by atoms with E-state index in [2.05, 4.69) is 5.16 Å². The first-order valence-corrected chi connectivity index (χ1v) is 6.71. The zero-order valence-corrected chi connectivity index (χ0v) is 12.3. The van der Waals surface area contributed by atoms with E-state index in [1.807, 2.05) is 31.2 Å². The van der Waals surface area contributed by atoms with Crippen LogP contribution < -0.4 is 4.74 Å². The van der Waals surface area contributed by atoms with Crippen molar-refractivity contribution >= 4 is 29.4 Å². The van der Waals surface area contributed by atoms with E-state index in [1.165, 1.54) is 6.21 Å². The Kier molecular flexibility index (Phi) is 4.88. The Hall–Kier alpha value is -1.71. The predicted octanol–water partition coefficient (Wildman–Crippen LogP) is 4.69. The van der Waals surface area contributed by atoms with Gasteiger partial charge in [0.05, 0.1) is 16.3 Å². The van der Waals surface area contributed by atoms with E-state index in [1.54, 1.807) is 12.1 Å². The third kappa shape index (κ3) is 3.44. The molecule has 0 saturated carbocycles. The summed E-state index contributed by atoms with van der Waals surface area (Å²) < 4.78 is 5.70. The minimum atomic E-state index is 0.376. The van der Waals surface area contributed by atoms with Gasteiger partial charge in [-0.25, -0.2) is 0 Å². The summed E-state index contributed by atoms with van der Waals surface area (Å²) in [5.41, 5.74) is 2.81. The van der Waals surface area contributed by atoms with Crippen LogP contribution in [0.3, 0.4) is 0 Å². The molecule has 0 aliphatic heterocycles. The van der Waals surface area contributed by atoms with Gasteiger partial charge in [-0.05, 0) is 35.7 Å². The van der Waals surface area contributed by atoms with Crippen molar-refractivity contribution in [1.29, 1.82) is 0 Å². The minimum absolute atomic E-state index is 0.376. The van der Waals surface area contributed by atoms with E-state index >= 15 is 0 Å². The molecule has 0 saturated heterocycles. The summed E-state index contributed by atoms with van der Waals surface area (Å²) in [5, 5.41) is 12.2. The Morgan fingerprint density at radius 2 is 1.85 bits per heavy atom. The fourth-order valence-electron chi connectivity index (χ4n) is 1.78. The molecule has 0 aliphatic rings. The number of nitrogens with zero attached hydrogens (tertiary/aromatic N) is 1. The van der Waals surface area contributed by atoms with Crippen LogP contribution in [0.1, 0.15) is 16.7 Å². The highest BCUT2D eigenvalue weighted by Gasteiger charge is 2.10. The Morgan fingerprint density at radius 3 is 2.45 bits per heavy atom. The van der Waals surface area contributed by atoms with Crippen LogP contribution in [0.25, 0.3) is 0 Å². The van der Waals surface area contributed by atoms with Gasteiger partial charge >= 0.3 is 0 Å². The van der Waals surface area contributed by atoms with Crippen LogP contribution in [-0.2, 0) is 6.61 Å². The maximum Gasteiger partial charge on any atom is 0.157 e. The van der Waals surface area contributed by atoms with Crippen molar-refractivity contribution in [2.24, 2.45) is 5.16 Å². The second kappa shape index (κ2) is 6.64. The van der Waals surface area contributed by atoms with E-state index in [4.69, 9.17) is 33.1 Å². The van der Waals surface area contributed by atoms with Crippen molar-refractivity contribution in [2.75, 3.05) is 0 Å². The molecule has 104 valence electrons. The standard InChI is InChI=1S/C15H13Cl2NO2/c1-10-4-2-3-5-12(10)9-20-15-13(16)6-11(8-18-19)7-14(15)17/h2-8,19H,9H2,1H3/b18-8+. The molecule has 0 unspecified atom stereocenters. The number of hydrogen-bond acceptors (Lipinski definition) is 3. The van der Waals surface area contributed by atoms with Crippen molar-refractivity contribution < 1.29 is 9.94 Å². The van der Waals surface area contributed by atoms with Crippen LogP contribution in [0.5, 0.6) is 5.75 Å². The molecular formula is C15H13Cl2NO2. The lowest BCUT2D eigenvalue weighted by molar-refractivity contribution is 0.306. The maximum absolute atomic E-state index is 8.51. The highest BCUT2D eigenvalue weighted by Crippen LogP contribution is 2.34. The van der Waals surface area contributed by atoms with Crippen LogP contribution in [0.4, 0.5) is 0 Å². The minimum Gasteiger partial charge on any atom is -0.486 e. The number of halogens is 2. The van der Waals surface area contributed by atoms with Gasteiger partial charge < -0.3 is 9.94 Å². The van der Waals surface area contributed by atoms with Gasteiger partial charge in [-0.1, -0.05) is 52.6 Å². The quantitative estimate of drug-likeness (QED) is 0.506. The van der Waals surface area contributed by atoms with Gasteiger partial charge in [-0.15, -0.1) is 0 Å². The second-order valence-corrected chi connectivity index (χ2v) is 5.09. The summed E-state index contributed by atoms with van der Waals surface area (Å²) in [7, 11) is 0. The molecular weight excluding hydrogens is 297 g/mol. The molecule has 0 fully saturated rings. The molecule has 5 heteroatoms. The lowest BCUT2D eigenvalue weighted by Crippen LogP contribution is -1.99. The smallest absolute Gasteiger partial charge is 0.157 e. The summed E-state index contributed by atoms with van der Waals surface area (Å²) in [5.74, 6) is 0.423. The average Bonchev–Trinajstić information content (AvgIpc) is 2.40. The highest BCUT2D eigenvalue weighted by molar-refractivity contribution is 6.37. The van der Waals surface area contributed by atoms with Gasteiger partial charge in [0.25, 0.3) is 0 Å². The Balaban J connectivity index is 2.20. The Morgan fingerprint density at radius 1 is 1.20 bits per heavy atom. The van der Waals surface area contributed by atoms with E-state index in [0.29, 0.717) is 28.0 Å². The number of aryl methyl sites for hydroxylation is 1. The monoisotopic (exact) mass is 309 g/mol. The number of benzene rings is 2. The van der Waals surface area contributed by atoms with Gasteiger partial charge in [0.15, 0.2) is 5.75 Å². The fourth-order valence-corrected chi connectivity index (χ4v) is 2.39. The molecule has 2 rings (SSSR count). The molecule has 0 heterocycles. The molecule has 3 nitrogen and oxygen atoms in total. The Bertz CT molecular complexity index is 619. The number of rotatable bonds is 4. The van der Waals surface area contributed by atoms with Crippen LogP contribution in [0, 0.1) is 6.92 Å². The first kappa shape index (κ1) is 14.7. The third-order valence-corrected chi connectivity index (χ3v) is 3.42. The summed E-state index contributed by atoms with van der Waals surface area (Å²) in [6.07, 6.45) is 1.25. The van der Waals surface area contributed by atoms with Gasteiger partial charge in [-0.2, -0.15) is 0 Å². The molecule has 20 heavy (non-hydrogen) atoms. The maximum atomic E-state index is 8.51. The molecule has 0 aliphatic carbocycles. The third-order valence-electron chi connectivity index (χ3n) is 2.86. The van der Waals surface area contributed by atoms with Crippen molar-refractivity contribution in [3.63, 3.8) is 0 Å². The summed E-state index contributed by atoms with van der Waals surface area (Å²) >= 11 is 12.2. The summed E-state index contributed by atoms with van der Waals surface area (Å²) in [4.78, 5) is 0. The second-order valence-electron chi connectivity index (χ2n) is 4.27. The molecule has 1 N–H and O–H groups in total.